The number of hydrogen-bond acceptors (Lipinski definition) is 3. The highest BCUT2D eigenvalue weighted by molar-refractivity contribution is 9.10. The average Bonchev–Trinajstić information content (AvgIpc) is 2.48. The first-order chi connectivity index (χ1) is 10.1. The number of ether oxygens (including phenoxy) is 1. The van der Waals surface area contributed by atoms with Crippen molar-refractivity contribution in [2.45, 2.75) is 19.4 Å². The van der Waals surface area contributed by atoms with Crippen molar-refractivity contribution in [2.75, 3.05) is 7.11 Å². The van der Waals surface area contributed by atoms with Gasteiger partial charge in [0.1, 0.15) is 11.6 Å². The van der Waals surface area contributed by atoms with E-state index >= 15 is 0 Å². The van der Waals surface area contributed by atoms with E-state index in [1.807, 2.05) is 25.1 Å². The van der Waals surface area contributed by atoms with E-state index in [9.17, 15) is 4.39 Å². The van der Waals surface area contributed by atoms with E-state index in [2.05, 4.69) is 27.4 Å². The Morgan fingerprint density at radius 2 is 2.10 bits per heavy atom. The summed E-state index contributed by atoms with van der Waals surface area (Å²) in [5, 5.41) is 0. The molecule has 0 aliphatic heterocycles. The minimum Gasteiger partial charge on any atom is -0.496 e. The number of methoxy groups -OCH3 is 1. The van der Waals surface area contributed by atoms with Crippen molar-refractivity contribution in [2.24, 2.45) is 5.84 Å². The van der Waals surface area contributed by atoms with Gasteiger partial charge in [0, 0.05) is 0 Å². The Bertz CT molecular complexity index is 634. The third kappa shape index (κ3) is 3.61. The van der Waals surface area contributed by atoms with Crippen molar-refractivity contribution in [3.63, 3.8) is 0 Å². The van der Waals surface area contributed by atoms with Crippen molar-refractivity contribution < 1.29 is 9.13 Å². The molecule has 3 N–H and O–H groups in total. The zero-order chi connectivity index (χ0) is 15.4. The Hall–Kier alpha value is -1.43. The maximum absolute atomic E-state index is 13.7. The molecule has 0 heterocycles. The second-order valence-corrected chi connectivity index (χ2v) is 5.67. The fourth-order valence-electron chi connectivity index (χ4n) is 2.34. The van der Waals surface area contributed by atoms with Crippen LogP contribution in [0.15, 0.2) is 40.9 Å². The lowest BCUT2D eigenvalue weighted by molar-refractivity contribution is 0.405. The third-order valence-corrected chi connectivity index (χ3v) is 4.25. The van der Waals surface area contributed by atoms with Gasteiger partial charge in [-0.25, -0.2) is 4.39 Å². The van der Waals surface area contributed by atoms with Crippen LogP contribution in [0.2, 0.25) is 0 Å². The first-order valence-corrected chi connectivity index (χ1v) is 7.39. The van der Waals surface area contributed by atoms with Crippen LogP contribution in [0.1, 0.15) is 22.7 Å². The lowest BCUT2D eigenvalue weighted by atomic mass is 9.97. The summed E-state index contributed by atoms with van der Waals surface area (Å²) in [5.74, 6) is 6.16. The molecular weight excluding hydrogens is 335 g/mol. The second-order valence-electron chi connectivity index (χ2n) is 4.88. The fraction of sp³-hybridized carbons (Fsp3) is 0.250. The van der Waals surface area contributed by atoms with Crippen LogP contribution in [0.3, 0.4) is 0 Å². The Labute approximate surface area is 132 Å². The van der Waals surface area contributed by atoms with Crippen LogP contribution >= 0.6 is 15.9 Å². The van der Waals surface area contributed by atoms with Crippen LogP contribution in [0.4, 0.5) is 4.39 Å². The van der Waals surface area contributed by atoms with Crippen LogP contribution < -0.4 is 16.0 Å². The molecule has 0 saturated heterocycles. The van der Waals surface area contributed by atoms with Crippen LogP contribution in [0.25, 0.3) is 0 Å². The lowest BCUT2D eigenvalue weighted by Gasteiger charge is -2.20. The zero-order valence-electron chi connectivity index (χ0n) is 12.0. The standard InChI is InChI=1S/C16H18BrFN2O/c1-10-6-7-15(21-2)11(8-10)9-14(20-19)12-4-3-5-13(18)16(12)17/h3-8,14,20H,9,19H2,1-2H3. The molecule has 1 unspecified atom stereocenters. The molecule has 112 valence electrons. The molecule has 0 fully saturated rings. The molecule has 2 aromatic rings. The summed E-state index contributed by atoms with van der Waals surface area (Å²) < 4.78 is 19.5. The van der Waals surface area contributed by atoms with Crippen LogP contribution in [0.5, 0.6) is 5.75 Å². The van der Waals surface area contributed by atoms with Gasteiger partial charge in [-0.05, 0) is 52.5 Å². The summed E-state index contributed by atoms with van der Waals surface area (Å²) in [5.41, 5.74) is 5.70. The molecule has 1 atom stereocenters. The molecule has 0 bridgehead atoms. The first kappa shape index (κ1) is 15.9. The Kier molecular flexibility index (Phi) is 5.33. The minimum atomic E-state index is -0.302. The molecule has 0 aliphatic carbocycles. The molecule has 2 aromatic carbocycles. The fourth-order valence-corrected chi connectivity index (χ4v) is 2.88. The van der Waals surface area contributed by atoms with Gasteiger partial charge in [-0.3, -0.25) is 11.3 Å². The molecule has 21 heavy (non-hydrogen) atoms. The summed E-state index contributed by atoms with van der Waals surface area (Å²) in [6.07, 6.45) is 0.601. The van der Waals surface area contributed by atoms with Gasteiger partial charge in [0.25, 0.3) is 0 Å². The maximum atomic E-state index is 13.7. The molecule has 2 rings (SSSR count). The van der Waals surface area contributed by atoms with Gasteiger partial charge in [0.15, 0.2) is 0 Å². The number of hydrazine groups is 1. The average molecular weight is 353 g/mol. The van der Waals surface area contributed by atoms with Gasteiger partial charge < -0.3 is 4.74 Å². The molecule has 5 heteroatoms. The minimum absolute atomic E-state index is 0.217. The number of halogens is 2. The summed E-state index contributed by atoms with van der Waals surface area (Å²) in [6.45, 7) is 2.02. The molecule has 0 amide bonds. The van der Waals surface area contributed by atoms with Gasteiger partial charge in [-0.1, -0.05) is 29.8 Å². The van der Waals surface area contributed by atoms with E-state index < -0.39 is 0 Å². The molecule has 0 aromatic heterocycles. The SMILES string of the molecule is COc1ccc(C)cc1CC(NN)c1cccc(F)c1Br. The lowest BCUT2D eigenvalue weighted by Crippen LogP contribution is -2.30. The Morgan fingerprint density at radius 3 is 2.76 bits per heavy atom. The highest BCUT2D eigenvalue weighted by Crippen LogP contribution is 2.30. The third-order valence-electron chi connectivity index (χ3n) is 3.42. The number of nitrogens with one attached hydrogen (secondary N) is 1. The van der Waals surface area contributed by atoms with Gasteiger partial charge in [-0.2, -0.15) is 0 Å². The predicted octanol–water partition coefficient (Wildman–Crippen LogP) is 3.65. The summed E-state index contributed by atoms with van der Waals surface area (Å²) in [7, 11) is 1.64. The Balaban J connectivity index is 2.35. The van der Waals surface area contributed by atoms with E-state index in [0.29, 0.717) is 10.9 Å². The smallest absolute Gasteiger partial charge is 0.137 e. The number of aryl methyl sites for hydroxylation is 1. The zero-order valence-corrected chi connectivity index (χ0v) is 13.6. The van der Waals surface area contributed by atoms with E-state index in [-0.39, 0.29) is 11.9 Å². The topological polar surface area (TPSA) is 47.3 Å². The number of benzene rings is 2. The highest BCUT2D eigenvalue weighted by Gasteiger charge is 2.18. The van der Waals surface area contributed by atoms with Crippen LogP contribution in [0, 0.1) is 12.7 Å². The van der Waals surface area contributed by atoms with Gasteiger partial charge in [0.2, 0.25) is 0 Å². The largest absolute Gasteiger partial charge is 0.496 e. The van der Waals surface area contributed by atoms with Crippen LogP contribution in [-0.4, -0.2) is 7.11 Å². The highest BCUT2D eigenvalue weighted by atomic mass is 79.9. The number of rotatable bonds is 5. The van der Waals surface area contributed by atoms with E-state index in [1.165, 1.54) is 6.07 Å². The monoisotopic (exact) mass is 352 g/mol. The molecule has 3 nitrogen and oxygen atoms in total. The van der Waals surface area contributed by atoms with E-state index in [4.69, 9.17) is 10.6 Å². The maximum Gasteiger partial charge on any atom is 0.137 e. The van der Waals surface area contributed by atoms with E-state index in [0.717, 1.165) is 22.4 Å². The predicted molar refractivity (Wildman–Crippen MR) is 85.6 cm³/mol. The van der Waals surface area contributed by atoms with Gasteiger partial charge >= 0.3 is 0 Å². The number of hydrogen-bond donors (Lipinski definition) is 2. The quantitative estimate of drug-likeness (QED) is 0.637. The van der Waals surface area contributed by atoms with Crippen LogP contribution in [-0.2, 0) is 6.42 Å². The van der Waals surface area contributed by atoms with Crippen molar-refractivity contribution in [1.29, 1.82) is 0 Å². The van der Waals surface area contributed by atoms with Gasteiger partial charge in [0.05, 0.1) is 17.6 Å². The summed E-state index contributed by atoms with van der Waals surface area (Å²) in [6, 6.07) is 10.7. The summed E-state index contributed by atoms with van der Waals surface area (Å²) in [4.78, 5) is 0. The molecule has 0 aliphatic rings. The van der Waals surface area contributed by atoms with Crippen molar-refractivity contribution in [3.05, 3.63) is 63.4 Å². The first-order valence-electron chi connectivity index (χ1n) is 6.60. The van der Waals surface area contributed by atoms with Crippen molar-refractivity contribution >= 4 is 15.9 Å². The normalized spacial score (nSPS) is 12.2. The van der Waals surface area contributed by atoms with E-state index in [1.54, 1.807) is 13.2 Å². The molecule has 0 spiro atoms. The molecular formula is C16H18BrFN2O. The van der Waals surface area contributed by atoms with Crippen molar-refractivity contribution in [3.8, 4) is 5.75 Å². The second kappa shape index (κ2) is 7.02. The molecule has 0 radical (unpaired) electrons. The van der Waals surface area contributed by atoms with Crippen molar-refractivity contribution in [1.82, 2.24) is 5.43 Å². The van der Waals surface area contributed by atoms with Gasteiger partial charge in [-0.15, -0.1) is 0 Å². The summed E-state index contributed by atoms with van der Waals surface area (Å²) >= 11 is 3.28. The number of nitrogens with two attached hydrogens (primary N) is 1. The molecule has 0 saturated carbocycles. The Morgan fingerprint density at radius 1 is 1.33 bits per heavy atom.